The number of nitrogens with zero attached hydrogens (tertiary/aromatic N) is 2. The summed E-state index contributed by atoms with van der Waals surface area (Å²) < 4.78 is 2.06. The number of aryl methyl sites for hydroxylation is 2. The first-order chi connectivity index (χ1) is 9.17. The van der Waals surface area contributed by atoms with Gasteiger partial charge in [-0.2, -0.15) is 5.10 Å². The third-order valence-electron chi connectivity index (χ3n) is 4.92. The van der Waals surface area contributed by atoms with E-state index >= 15 is 0 Å². The summed E-state index contributed by atoms with van der Waals surface area (Å²) in [5.74, 6) is 1.80. The van der Waals surface area contributed by atoms with Gasteiger partial charge < -0.3 is 5.32 Å². The van der Waals surface area contributed by atoms with Crippen molar-refractivity contribution in [1.29, 1.82) is 0 Å². The quantitative estimate of drug-likeness (QED) is 0.855. The topological polar surface area (TPSA) is 29.9 Å². The van der Waals surface area contributed by atoms with Crippen LogP contribution in [0, 0.1) is 11.8 Å². The molecule has 1 fully saturated rings. The summed E-state index contributed by atoms with van der Waals surface area (Å²) in [4.78, 5) is 0. The highest BCUT2D eigenvalue weighted by atomic mass is 15.3. The fourth-order valence-electron chi connectivity index (χ4n) is 3.51. The van der Waals surface area contributed by atoms with E-state index in [1.165, 1.54) is 37.1 Å². The van der Waals surface area contributed by atoms with Gasteiger partial charge in [0.1, 0.15) is 0 Å². The average Bonchev–Trinajstić information content (AvgIpc) is 3.02. The SMILES string of the molecule is CCc1cc(CC(NC)C2CCC(CC)C2)n(C)n1. The molecule has 3 nitrogen and oxygen atoms in total. The minimum absolute atomic E-state index is 0.608. The molecule has 1 aliphatic rings. The Labute approximate surface area is 117 Å². The Bertz CT molecular complexity index is 397. The van der Waals surface area contributed by atoms with Gasteiger partial charge in [-0.3, -0.25) is 4.68 Å². The lowest BCUT2D eigenvalue weighted by molar-refractivity contribution is 0.356. The predicted octanol–water partition coefficient (Wildman–Crippen LogP) is 2.94. The average molecular weight is 263 g/mol. The van der Waals surface area contributed by atoms with Gasteiger partial charge in [-0.25, -0.2) is 0 Å². The highest BCUT2D eigenvalue weighted by Gasteiger charge is 2.29. The lowest BCUT2D eigenvalue weighted by Crippen LogP contribution is -2.35. The van der Waals surface area contributed by atoms with Crippen molar-refractivity contribution in [3.63, 3.8) is 0 Å². The molecule has 1 heterocycles. The van der Waals surface area contributed by atoms with Gasteiger partial charge in [0.2, 0.25) is 0 Å². The Hall–Kier alpha value is -0.830. The normalized spacial score (nSPS) is 24.8. The lowest BCUT2D eigenvalue weighted by Gasteiger charge is -2.23. The monoisotopic (exact) mass is 263 g/mol. The van der Waals surface area contributed by atoms with Crippen LogP contribution in [0.15, 0.2) is 6.07 Å². The molecule has 0 spiro atoms. The van der Waals surface area contributed by atoms with Crippen molar-refractivity contribution in [2.45, 2.75) is 58.4 Å². The zero-order valence-electron chi connectivity index (χ0n) is 12.9. The molecule has 3 atom stereocenters. The molecular weight excluding hydrogens is 234 g/mol. The summed E-state index contributed by atoms with van der Waals surface area (Å²) in [5.41, 5.74) is 2.58. The van der Waals surface area contributed by atoms with E-state index in [0.717, 1.165) is 24.7 Å². The molecular formula is C16H29N3. The van der Waals surface area contributed by atoms with Crippen molar-refractivity contribution in [2.24, 2.45) is 18.9 Å². The van der Waals surface area contributed by atoms with Crippen LogP contribution in [0.25, 0.3) is 0 Å². The maximum absolute atomic E-state index is 4.56. The maximum Gasteiger partial charge on any atom is 0.0624 e. The standard InChI is InChI=1S/C16H29N3/c1-5-12-7-8-13(9-12)16(17-3)11-15-10-14(6-2)18-19(15)4/h10,12-13,16-17H,5-9,11H2,1-4H3. The van der Waals surface area contributed by atoms with Gasteiger partial charge in [0.25, 0.3) is 0 Å². The molecule has 1 aliphatic carbocycles. The second-order valence-electron chi connectivity index (χ2n) is 6.05. The molecule has 3 heteroatoms. The molecule has 0 aliphatic heterocycles. The molecule has 1 N–H and O–H groups in total. The van der Waals surface area contributed by atoms with Crippen LogP contribution in [0.3, 0.4) is 0 Å². The van der Waals surface area contributed by atoms with Crippen LogP contribution in [0.1, 0.15) is 50.9 Å². The Morgan fingerprint density at radius 3 is 2.74 bits per heavy atom. The van der Waals surface area contributed by atoms with Gasteiger partial charge in [0.15, 0.2) is 0 Å². The number of likely N-dealkylation sites (N-methyl/N-ethyl adjacent to an activating group) is 1. The van der Waals surface area contributed by atoms with E-state index < -0.39 is 0 Å². The molecule has 19 heavy (non-hydrogen) atoms. The van der Waals surface area contributed by atoms with Crippen molar-refractivity contribution in [3.05, 3.63) is 17.5 Å². The Morgan fingerprint density at radius 1 is 1.42 bits per heavy atom. The predicted molar refractivity (Wildman–Crippen MR) is 80.3 cm³/mol. The van der Waals surface area contributed by atoms with Crippen molar-refractivity contribution >= 4 is 0 Å². The van der Waals surface area contributed by atoms with Crippen LogP contribution >= 0.6 is 0 Å². The first-order valence-corrected chi connectivity index (χ1v) is 7.86. The van der Waals surface area contributed by atoms with Gasteiger partial charge in [-0.15, -0.1) is 0 Å². The van der Waals surface area contributed by atoms with Gasteiger partial charge in [0.05, 0.1) is 5.69 Å². The number of aromatic nitrogens is 2. The second kappa shape index (κ2) is 6.56. The fourth-order valence-corrected chi connectivity index (χ4v) is 3.51. The van der Waals surface area contributed by atoms with Gasteiger partial charge in [-0.05, 0) is 44.2 Å². The molecule has 2 rings (SSSR count). The largest absolute Gasteiger partial charge is 0.316 e. The molecule has 0 aromatic carbocycles. The van der Waals surface area contributed by atoms with Crippen molar-refractivity contribution in [1.82, 2.24) is 15.1 Å². The molecule has 0 bridgehead atoms. The van der Waals surface area contributed by atoms with Gasteiger partial charge >= 0.3 is 0 Å². The molecule has 1 aromatic heterocycles. The molecule has 0 radical (unpaired) electrons. The van der Waals surface area contributed by atoms with Crippen LogP contribution in [0.5, 0.6) is 0 Å². The zero-order chi connectivity index (χ0) is 13.8. The summed E-state index contributed by atoms with van der Waals surface area (Å²) in [6.07, 6.45) is 7.70. The molecule has 1 saturated carbocycles. The first kappa shape index (κ1) is 14.6. The van der Waals surface area contributed by atoms with E-state index in [2.05, 4.69) is 49.1 Å². The molecule has 1 aromatic rings. The van der Waals surface area contributed by atoms with E-state index in [9.17, 15) is 0 Å². The van der Waals surface area contributed by atoms with Crippen molar-refractivity contribution in [2.75, 3.05) is 7.05 Å². The highest BCUT2D eigenvalue weighted by Crippen LogP contribution is 2.35. The minimum Gasteiger partial charge on any atom is -0.316 e. The van der Waals surface area contributed by atoms with Crippen LogP contribution in [-0.2, 0) is 19.9 Å². The molecule has 108 valence electrons. The van der Waals surface area contributed by atoms with Gasteiger partial charge in [0, 0.05) is 25.2 Å². The summed E-state index contributed by atoms with van der Waals surface area (Å²) in [7, 11) is 4.19. The summed E-state index contributed by atoms with van der Waals surface area (Å²) >= 11 is 0. The van der Waals surface area contributed by atoms with Crippen molar-refractivity contribution < 1.29 is 0 Å². The van der Waals surface area contributed by atoms with E-state index in [1.807, 2.05) is 0 Å². The lowest BCUT2D eigenvalue weighted by atomic mass is 9.92. The summed E-state index contributed by atoms with van der Waals surface area (Å²) in [6, 6.07) is 2.88. The van der Waals surface area contributed by atoms with Crippen LogP contribution in [0.4, 0.5) is 0 Å². The molecule has 0 saturated heterocycles. The van der Waals surface area contributed by atoms with Crippen molar-refractivity contribution in [3.8, 4) is 0 Å². The second-order valence-corrected chi connectivity index (χ2v) is 6.05. The molecule has 3 unspecified atom stereocenters. The smallest absolute Gasteiger partial charge is 0.0624 e. The maximum atomic E-state index is 4.56. The number of nitrogens with one attached hydrogen (secondary N) is 1. The summed E-state index contributed by atoms with van der Waals surface area (Å²) in [5, 5.41) is 8.11. The number of rotatable bonds is 6. The van der Waals surface area contributed by atoms with Crippen LogP contribution < -0.4 is 5.32 Å². The highest BCUT2D eigenvalue weighted by molar-refractivity contribution is 5.12. The third kappa shape index (κ3) is 3.38. The minimum atomic E-state index is 0.608. The Balaban J connectivity index is 2.00. The number of hydrogen-bond acceptors (Lipinski definition) is 2. The fraction of sp³-hybridized carbons (Fsp3) is 0.812. The molecule has 0 amide bonds. The van der Waals surface area contributed by atoms with E-state index in [0.29, 0.717) is 6.04 Å². The summed E-state index contributed by atoms with van der Waals surface area (Å²) in [6.45, 7) is 4.50. The number of hydrogen-bond donors (Lipinski definition) is 1. The Morgan fingerprint density at radius 2 is 2.21 bits per heavy atom. The van der Waals surface area contributed by atoms with Crippen LogP contribution in [-0.4, -0.2) is 22.9 Å². The third-order valence-corrected chi connectivity index (χ3v) is 4.92. The van der Waals surface area contributed by atoms with E-state index in [1.54, 1.807) is 0 Å². The Kier molecular flexibility index (Phi) is 5.03. The van der Waals surface area contributed by atoms with E-state index in [4.69, 9.17) is 0 Å². The van der Waals surface area contributed by atoms with E-state index in [-0.39, 0.29) is 0 Å². The van der Waals surface area contributed by atoms with Crippen LogP contribution in [0.2, 0.25) is 0 Å². The zero-order valence-corrected chi connectivity index (χ0v) is 12.9. The van der Waals surface area contributed by atoms with Gasteiger partial charge in [-0.1, -0.05) is 26.7 Å². The first-order valence-electron chi connectivity index (χ1n) is 7.86.